The maximum Gasteiger partial charge on any atom is 0.229 e. The number of ether oxygens (including phenoxy) is 3. The standard InChI is InChI=1S/C20H20O9/c21-10-3-1-9(2-4-10)19-16(29-20-18(26)17(25)14(24)8-27-20)7-12-13(23)5-11(22)6-15(12)28-19/h1-7,14-15,17-18,20-26H,8H2. The minimum absolute atomic E-state index is 0.0442. The number of hydrogen-bond donors (Lipinski definition) is 6. The third kappa shape index (κ3) is 3.68. The first kappa shape index (κ1) is 19.3. The number of aliphatic hydroxyl groups is 5. The minimum atomic E-state index is -1.53. The molecule has 1 aliphatic carbocycles. The molecule has 0 aromatic heterocycles. The summed E-state index contributed by atoms with van der Waals surface area (Å²) in [5.74, 6) is -0.0512. The topological polar surface area (TPSA) is 149 Å². The Bertz CT molecular complexity index is 912. The van der Waals surface area contributed by atoms with E-state index in [2.05, 4.69) is 0 Å². The van der Waals surface area contributed by atoms with Crippen LogP contribution in [0.4, 0.5) is 0 Å². The van der Waals surface area contributed by atoms with Gasteiger partial charge in [0, 0.05) is 23.3 Å². The zero-order valence-corrected chi connectivity index (χ0v) is 15.0. The highest BCUT2D eigenvalue weighted by Gasteiger charge is 2.40. The van der Waals surface area contributed by atoms with Crippen molar-refractivity contribution < 1.29 is 44.8 Å². The highest BCUT2D eigenvalue weighted by atomic mass is 16.7. The van der Waals surface area contributed by atoms with Gasteiger partial charge in [-0.15, -0.1) is 0 Å². The number of phenols is 1. The van der Waals surface area contributed by atoms with Gasteiger partial charge in [0.1, 0.15) is 41.7 Å². The second-order valence-corrected chi connectivity index (χ2v) is 6.87. The second kappa shape index (κ2) is 7.45. The number of hydrogen-bond acceptors (Lipinski definition) is 9. The van der Waals surface area contributed by atoms with Crippen molar-refractivity contribution in [2.45, 2.75) is 30.7 Å². The number of aromatic hydroxyl groups is 1. The summed E-state index contributed by atoms with van der Waals surface area (Å²) in [6.07, 6.45) is -2.30. The van der Waals surface area contributed by atoms with Crippen molar-refractivity contribution in [2.75, 3.05) is 6.61 Å². The number of aliphatic hydroxyl groups excluding tert-OH is 5. The minimum Gasteiger partial charge on any atom is -0.508 e. The van der Waals surface area contributed by atoms with Gasteiger partial charge in [-0.25, -0.2) is 0 Å². The van der Waals surface area contributed by atoms with Crippen molar-refractivity contribution in [3.05, 3.63) is 70.9 Å². The largest absolute Gasteiger partial charge is 0.508 e. The lowest BCUT2D eigenvalue weighted by Crippen LogP contribution is -2.53. The molecule has 3 aliphatic rings. The van der Waals surface area contributed by atoms with Crippen molar-refractivity contribution in [3.8, 4) is 5.75 Å². The van der Waals surface area contributed by atoms with Gasteiger partial charge in [-0.1, -0.05) is 0 Å². The van der Waals surface area contributed by atoms with Gasteiger partial charge >= 0.3 is 0 Å². The van der Waals surface area contributed by atoms with Crippen molar-refractivity contribution >= 4 is 5.76 Å². The normalized spacial score (nSPS) is 31.8. The molecule has 1 fully saturated rings. The Balaban J connectivity index is 1.72. The molecule has 1 aromatic rings. The molecule has 1 aromatic carbocycles. The first-order valence-corrected chi connectivity index (χ1v) is 8.89. The third-order valence-electron chi connectivity index (χ3n) is 4.79. The molecule has 0 amide bonds. The molecule has 2 heterocycles. The Morgan fingerprint density at radius 3 is 2.38 bits per heavy atom. The van der Waals surface area contributed by atoms with Crippen LogP contribution in [-0.2, 0) is 14.2 Å². The highest BCUT2D eigenvalue weighted by Crippen LogP contribution is 2.37. The van der Waals surface area contributed by atoms with E-state index in [4.69, 9.17) is 14.2 Å². The van der Waals surface area contributed by atoms with E-state index < -0.39 is 30.7 Å². The van der Waals surface area contributed by atoms with Crippen LogP contribution in [0, 0.1) is 0 Å². The fourth-order valence-electron chi connectivity index (χ4n) is 3.23. The predicted molar refractivity (Wildman–Crippen MR) is 98.3 cm³/mol. The van der Waals surface area contributed by atoms with Crippen LogP contribution < -0.4 is 0 Å². The van der Waals surface area contributed by atoms with Crippen LogP contribution in [-0.4, -0.2) is 68.0 Å². The molecule has 4 rings (SSSR count). The van der Waals surface area contributed by atoms with Crippen LogP contribution in [0.1, 0.15) is 5.56 Å². The molecule has 9 nitrogen and oxygen atoms in total. The lowest BCUT2D eigenvalue weighted by molar-refractivity contribution is -0.257. The lowest BCUT2D eigenvalue weighted by atomic mass is 9.97. The van der Waals surface area contributed by atoms with E-state index >= 15 is 0 Å². The smallest absolute Gasteiger partial charge is 0.229 e. The highest BCUT2D eigenvalue weighted by molar-refractivity contribution is 5.68. The van der Waals surface area contributed by atoms with Gasteiger partial charge in [-0.2, -0.15) is 0 Å². The molecule has 0 bridgehead atoms. The van der Waals surface area contributed by atoms with Crippen molar-refractivity contribution in [1.29, 1.82) is 0 Å². The van der Waals surface area contributed by atoms with E-state index in [1.807, 2.05) is 0 Å². The van der Waals surface area contributed by atoms with Crippen LogP contribution in [0.15, 0.2) is 65.3 Å². The molecule has 0 saturated carbocycles. The Labute approximate surface area is 165 Å². The molecule has 29 heavy (non-hydrogen) atoms. The molecule has 2 aliphatic heterocycles. The summed E-state index contributed by atoms with van der Waals surface area (Å²) in [4.78, 5) is 0. The maximum absolute atomic E-state index is 10.2. The summed E-state index contributed by atoms with van der Waals surface area (Å²) >= 11 is 0. The lowest BCUT2D eigenvalue weighted by Gasteiger charge is -2.36. The van der Waals surface area contributed by atoms with Crippen LogP contribution in [0.2, 0.25) is 0 Å². The van der Waals surface area contributed by atoms with E-state index in [1.165, 1.54) is 24.3 Å². The SMILES string of the molecule is OC1=CC2OC(c3ccc(O)cc3)=C(OC3OCC(O)C(O)C3O)C=C2C(O)=C1. The Morgan fingerprint density at radius 1 is 0.931 bits per heavy atom. The molecular weight excluding hydrogens is 384 g/mol. The molecule has 1 saturated heterocycles. The molecule has 5 unspecified atom stereocenters. The molecule has 0 radical (unpaired) electrons. The summed E-state index contributed by atoms with van der Waals surface area (Å²) in [5, 5.41) is 59.1. The van der Waals surface area contributed by atoms with Gasteiger partial charge in [-0.3, -0.25) is 0 Å². The Kier molecular flexibility index (Phi) is 4.97. The van der Waals surface area contributed by atoms with Crippen molar-refractivity contribution in [2.24, 2.45) is 0 Å². The van der Waals surface area contributed by atoms with Crippen molar-refractivity contribution in [3.63, 3.8) is 0 Å². The van der Waals surface area contributed by atoms with Gasteiger partial charge in [0.25, 0.3) is 0 Å². The Morgan fingerprint density at radius 2 is 1.66 bits per heavy atom. The summed E-state index contributed by atoms with van der Waals surface area (Å²) in [5.41, 5.74) is 0.826. The third-order valence-corrected chi connectivity index (χ3v) is 4.79. The predicted octanol–water partition coefficient (Wildman–Crippen LogP) is 0.739. The molecule has 154 valence electrons. The summed E-state index contributed by atoms with van der Waals surface area (Å²) in [6, 6.07) is 6.04. The Hall–Kier alpha value is -2.98. The first-order valence-electron chi connectivity index (χ1n) is 8.89. The number of fused-ring (bicyclic) bond motifs is 1. The van der Waals surface area contributed by atoms with E-state index in [0.29, 0.717) is 11.1 Å². The second-order valence-electron chi connectivity index (χ2n) is 6.87. The molecular formula is C20H20O9. The van der Waals surface area contributed by atoms with Crippen LogP contribution >= 0.6 is 0 Å². The molecule has 6 N–H and O–H groups in total. The van der Waals surface area contributed by atoms with Crippen molar-refractivity contribution in [1.82, 2.24) is 0 Å². The average molecular weight is 404 g/mol. The maximum atomic E-state index is 10.2. The van der Waals surface area contributed by atoms with Gasteiger partial charge in [0.2, 0.25) is 6.29 Å². The van der Waals surface area contributed by atoms with E-state index in [1.54, 1.807) is 12.1 Å². The quantitative estimate of drug-likeness (QED) is 0.429. The first-order chi connectivity index (χ1) is 13.8. The zero-order chi connectivity index (χ0) is 20.7. The number of allylic oxidation sites excluding steroid dienone is 2. The summed E-state index contributed by atoms with van der Waals surface area (Å²) < 4.78 is 16.9. The molecule has 9 heteroatoms. The summed E-state index contributed by atoms with van der Waals surface area (Å²) in [7, 11) is 0. The molecule has 5 atom stereocenters. The fourth-order valence-corrected chi connectivity index (χ4v) is 3.23. The number of phenolic OH excluding ortho intramolecular Hbond substituents is 1. The number of benzene rings is 1. The number of rotatable bonds is 3. The average Bonchev–Trinajstić information content (AvgIpc) is 2.69. The van der Waals surface area contributed by atoms with Crippen LogP contribution in [0.5, 0.6) is 5.75 Å². The van der Waals surface area contributed by atoms with Gasteiger partial charge in [0.15, 0.2) is 11.5 Å². The monoisotopic (exact) mass is 404 g/mol. The fraction of sp³-hybridized carbons (Fsp3) is 0.300. The molecule has 0 spiro atoms. The van der Waals surface area contributed by atoms with Gasteiger partial charge < -0.3 is 44.8 Å². The van der Waals surface area contributed by atoms with E-state index in [9.17, 15) is 30.6 Å². The van der Waals surface area contributed by atoms with Crippen LogP contribution in [0.25, 0.3) is 5.76 Å². The van der Waals surface area contributed by atoms with Gasteiger partial charge in [-0.05, 0) is 30.3 Å². The zero-order valence-electron chi connectivity index (χ0n) is 15.0. The van der Waals surface area contributed by atoms with Crippen LogP contribution in [0.3, 0.4) is 0 Å². The van der Waals surface area contributed by atoms with Gasteiger partial charge in [0.05, 0.1) is 6.61 Å². The summed E-state index contributed by atoms with van der Waals surface area (Å²) in [6.45, 7) is -0.244. The van der Waals surface area contributed by atoms with E-state index in [0.717, 1.165) is 6.08 Å². The van der Waals surface area contributed by atoms with E-state index in [-0.39, 0.29) is 35.4 Å².